The lowest BCUT2D eigenvalue weighted by Crippen LogP contribution is -1.96. The number of fused-ring (bicyclic) bond motifs is 1. The third kappa shape index (κ3) is 2.71. The fourth-order valence-corrected chi connectivity index (χ4v) is 2.11. The number of halogens is 1. The van der Waals surface area contributed by atoms with Crippen molar-refractivity contribution in [2.75, 3.05) is 5.73 Å². The second-order valence-electron chi connectivity index (χ2n) is 4.08. The molecule has 0 radical (unpaired) electrons. The summed E-state index contributed by atoms with van der Waals surface area (Å²) in [5.41, 5.74) is 7.90. The molecule has 1 heterocycles. The van der Waals surface area contributed by atoms with Crippen LogP contribution in [0.4, 0.5) is 5.69 Å². The summed E-state index contributed by atoms with van der Waals surface area (Å²) in [5.74, 6) is 1.24. The fourth-order valence-electron chi connectivity index (χ4n) is 1.76. The third-order valence-electron chi connectivity index (χ3n) is 2.61. The molecule has 0 amide bonds. The van der Waals surface area contributed by atoms with E-state index in [9.17, 15) is 0 Å². The molecule has 19 heavy (non-hydrogen) atoms. The maximum absolute atomic E-state index is 5.68. The van der Waals surface area contributed by atoms with E-state index in [1.807, 2.05) is 36.4 Å². The molecule has 3 rings (SSSR count). The predicted octanol–water partition coefficient (Wildman–Crippen LogP) is 3.75. The second kappa shape index (κ2) is 4.93. The molecule has 2 aromatic carbocycles. The zero-order valence-corrected chi connectivity index (χ0v) is 11.6. The van der Waals surface area contributed by atoms with E-state index < -0.39 is 0 Å². The third-order valence-corrected chi connectivity index (χ3v) is 3.11. The average molecular weight is 319 g/mol. The molecule has 0 saturated heterocycles. The first-order chi connectivity index (χ1) is 9.20. The normalized spacial score (nSPS) is 10.8. The minimum Gasteiger partial charge on any atom is -0.484 e. The largest absolute Gasteiger partial charge is 0.484 e. The number of benzene rings is 2. The molecule has 0 aliphatic carbocycles. The number of hydrogen-bond acceptors (Lipinski definition) is 4. The molecule has 0 fully saturated rings. The van der Waals surface area contributed by atoms with E-state index in [1.54, 1.807) is 6.07 Å². The van der Waals surface area contributed by atoms with Crippen LogP contribution in [0.3, 0.4) is 0 Å². The zero-order chi connectivity index (χ0) is 13.2. The van der Waals surface area contributed by atoms with Gasteiger partial charge in [0.15, 0.2) is 12.2 Å². The van der Waals surface area contributed by atoms with Crippen LogP contribution in [0.25, 0.3) is 11.1 Å². The number of hydrogen-bond donors (Lipinski definition) is 1. The van der Waals surface area contributed by atoms with Crippen molar-refractivity contribution in [2.45, 2.75) is 6.61 Å². The van der Waals surface area contributed by atoms with Gasteiger partial charge in [-0.1, -0.05) is 22.0 Å². The van der Waals surface area contributed by atoms with Gasteiger partial charge in [0.05, 0.1) is 0 Å². The van der Waals surface area contributed by atoms with Gasteiger partial charge >= 0.3 is 0 Å². The van der Waals surface area contributed by atoms with E-state index >= 15 is 0 Å². The van der Waals surface area contributed by atoms with Crippen molar-refractivity contribution in [1.29, 1.82) is 0 Å². The molecule has 0 bridgehead atoms. The van der Waals surface area contributed by atoms with E-state index in [1.165, 1.54) is 0 Å². The first kappa shape index (κ1) is 12.0. The molecular weight excluding hydrogens is 308 g/mol. The lowest BCUT2D eigenvalue weighted by Gasteiger charge is -2.03. The zero-order valence-electron chi connectivity index (χ0n) is 9.97. The van der Waals surface area contributed by atoms with Crippen molar-refractivity contribution < 1.29 is 9.15 Å². The molecule has 5 heteroatoms. The van der Waals surface area contributed by atoms with Crippen LogP contribution in [0.2, 0.25) is 0 Å². The van der Waals surface area contributed by atoms with Gasteiger partial charge in [0, 0.05) is 16.2 Å². The quantitative estimate of drug-likeness (QED) is 0.747. The van der Waals surface area contributed by atoms with Crippen LogP contribution in [0, 0.1) is 0 Å². The Kier molecular flexibility index (Phi) is 3.13. The van der Waals surface area contributed by atoms with Crippen molar-refractivity contribution in [2.24, 2.45) is 0 Å². The van der Waals surface area contributed by atoms with Crippen LogP contribution in [-0.2, 0) is 6.61 Å². The van der Waals surface area contributed by atoms with Crippen molar-refractivity contribution in [1.82, 2.24) is 4.98 Å². The summed E-state index contributed by atoms with van der Waals surface area (Å²) in [4.78, 5) is 4.36. The van der Waals surface area contributed by atoms with Gasteiger partial charge in [0.2, 0.25) is 5.89 Å². The van der Waals surface area contributed by atoms with Crippen molar-refractivity contribution in [3.05, 3.63) is 52.8 Å². The van der Waals surface area contributed by atoms with Gasteiger partial charge in [-0.3, -0.25) is 0 Å². The number of rotatable bonds is 3. The molecule has 2 N–H and O–H groups in total. The Bertz CT molecular complexity index is 724. The Morgan fingerprint density at radius 3 is 2.95 bits per heavy atom. The molecule has 0 aliphatic heterocycles. The van der Waals surface area contributed by atoms with E-state index in [-0.39, 0.29) is 6.61 Å². The van der Waals surface area contributed by atoms with Gasteiger partial charge in [0.25, 0.3) is 0 Å². The molecule has 0 aliphatic rings. The average Bonchev–Trinajstić information content (AvgIpc) is 2.78. The van der Waals surface area contributed by atoms with Crippen LogP contribution in [0.15, 0.2) is 51.4 Å². The summed E-state index contributed by atoms with van der Waals surface area (Å²) in [6.45, 7) is 0.274. The summed E-state index contributed by atoms with van der Waals surface area (Å²) < 4.78 is 12.1. The Morgan fingerprint density at radius 1 is 1.21 bits per heavy atom. The molecule has 0 atom stereocenters. The molecule has 0 unspecified atom stereocenters. The molecule has 0 saturated carbocycles. The number of anilines is 1. The monoisotopic (exact) mass is 318 g/mol. The highest BCUT2D eigenvalue weighted by atomic mass is 79.9. The minimum absolute atomic E-state index is 0.274. The van der Waals surface area contributed by atoms with E-state index in [0.717, 1.165) is 15.6 Å². The summed E-state index contributed by atoms with van der Waals surface area (Å²) in [6, 6.07) is 12.9. The lowest BCUT2D eigenvalue weighted by molar-refractivity contribution is 0.267. The van der Waals surface area contributed by atoms with Gasteiger partial charge in [-0.25, -0.2) is 4.98 Å². The number of nitrogens with zero attached hydrogens (tertiary/aromatic N) is 1. The summed E-state index contributed by atoms with van der Waals surface area (Å²) in [6.07, 6.45) is 0. The highest BCUT2D eigenvalue weighted by Crippen LogP contribution is 2.21. The van der Waals surface area contributed by atoms with Crippen LogP contribution in [0.5, 0.6) is 5.75 Å². The van der Waals surface area contributed by atoms with Gasteiger partial charge in [-0.05, 0) is 30.3 Å². The van der Waals surface area contributed by atoms with Crippen LogP contribution < -0.4 is 10.5 Å². The van der Waals surface area contributed by atoms with Gasteiger partial charge in [0.1, 0.15) is 11.3 Å². The maximum atomic E-state index is 5.68. The van der Waals surface area contributed by atoms with E-state index in [2.05, 4.69) is 20.9 Å². The number of oxazole rings is 1. The minimum atomic E-state index is 0.274. The van der Waals surface area contributed by atoms with Gasteiger partial charge in [-0.15, -0.1) is 0 Å². The van der Waals surface area contributed by atoms with Gasteiger partial charge in [-0.2, -0.15) is 0 Å². The van der Waals surface area contributed by atoms with Crippen LogP contribution >= 0.6 is 15.9 Å². The smallest absolute Gasteiger partial charge is 0.233 e. The van der Waals surface area contributed by atoms with E-state index in [0.29, 0.717) is 17.3 Å². The Morgan fingerprint density at radius 2 is 2.11 bits per heavy atom. The first-order valence-electron chi connectivity index (χ1n) is 5.74. The molecule has 4 nitrogen and oxygen atoms in total. The van der Waals surface area contributed by atoms with Crippen molar-refractivity contribution >= 4 is 32.7 Å². The van der Waals surface area contributed by atoms with Crippen LogP contribution in [0.1, 0.15) is 5.89 Å². The van der Waals surface area contributed by atoms with Crippen molar-refractivity contribution in [3.63, 3.8) is 0 Å². The number of aromatic nitrogens is 1. The summed E-state index contributed by atoms with van der Waals surface area (Å²) in [5, 5.41) is 0. The van der Waals surface area contributed by atoms with Crippen molar-refractivity contribution in [3.8, 4) is 5.75 Å². The van der Waals surface area contributed by atoms with E-state index in [4.69, 9.17) is 14.9 Å². The molecule has 1 aromatic heterocycles. The number of ether oxygens (including phenoxy) is 1. The maximum Gasteiger partial charge on any atom is 0.233 e. The topological polar surface area (TPSA) is 61.3 Å². The standard InChI is InChI=1S/C14H11BrN2O2/c15-9-4-5-13-12(6-9)17-14(19-13)8-18-11-3-1-2-10(16)7-11/h1-7H,8,16H2. The fraction of sp³-hybridized carbons (Fsp3) is 0.0714. The lowest BCUT2D eigenvalue weighted by atomic mass is 10.3. The molecular formula is C14H11BrN2O2. The summed E-state index contributed by atoms with van der Waals surface area (Å²) in [7, 11) is 0. The highest BCUT2D eigenvalue weighted by Gasteiger charge is 2.06. The Labute approximate surface area is 118 Å². The Hall–Kier alpha value is -2.01. The predicted molar refractivity (Wildman–Crippen MR) is 76.9 cm³/mol. The summed E-state index contributed by atoms with van der Waals surface area (Å²) >= 11 is 3.40. The van der Waals surface area contributed by atoms with Crippen LogP contribution in [-0.4, -0.2) is 4.98 Å². The van der Waals surface area contributed by atoms with Gasteiger partial charge < -0.3 is 14.9 Å². The highest BCUT2D eigenvalue weighted by molar-refractivity contribution is 9.10. The molecule has 96 valence electrons. The Balaban J connectivity index is 1.78. The molecule has 3 aromatic rings. The molecule has 0 spiro atoms. The number of nitrogens with two attached hydrogens (primary N) is 1. The number of nitrogen functional groups attached to an aromatic ring is 1. The SMILES string of the molecule is Nc1cccc(OCc2nc3cc(Br)ccc3o2)c1. The first-order valence-corrected chi connectivity index (χ1v) is 6.53. The second-order valence-corrected chi connectivity index (χ2v) is 5.00.